The van der Waals surface area contributed by atoms with Crippen molar-refractivity contribution in [2.75, 3.05) is 0 Å². The van der Waals surface area contributed by atoms with Crippen LogP contribution in [0.4, 0.5) is 13.2 Å². The molecule has 4 nitrogen and oxygen atoms in total. The van der Waals surface area contributed by atoms with Crippen LogP contribution in [-0.2, 0) is 6.18 Å². The minimum absolute atomic E-state index is 0.0645. The number of hydrogen-bond acceptors (Lipinski definition) is 3. The van der Waals surface area contributed by atoms with Gasteiger partial charge in [-0.15, -0.1) is 0 Å². The van der Waals surface area contributed by atoms with Gasteiger partial charge in [0.2, 0.25) is 0 Å². The highest BCUT2D eigenvalue weighted by molar-refractivity contribution is 6.31. The predicted octanol–water partition coefficient (Wildman–Crippen LogP) is 3.57. The summed E-state index contributed by atoms with van der Waals surface area (Å²) in [6.45, 7) is 1.35. The minimum atomic E-state index is -4.73. The fraction of sp³-hybridized carbons (Fsp3) is 0.167. The molecule has 112 valence electrons. The van der Waals surface area contributed by atoms with E-state index in [2.05, 4.69) is 4.98 Å². The van der Waals surface area contributed by atoms with Crippen LogP contribution in [0.5, 0.6) is 5.75 Å². The zero-order chi connectivity index (χ0) is 15.9. The Balaban J connectivity index is 2.89. The van der Waals surface area contributed by atoms with E-state index in [1.165, 1.54) is 6.92 Å². The highest BCUT2D eigenvalue weighted by Crippen LogP contribution is 2.35. The van der Waals surface area contributed by atoms with Gasteiger partial charge in [0.1, 0.15) is 15.9 Å². The number of nitrogens with zero attached hydrogens (tertiary/aromatic N) is 2. The average molecular weight is 339 g/mol. The number of aromatic nitrogens is 2. The van der Waals surface area contributed by atoms with Gasteiger partial charge in [0, 0.05) is 24.0 Å². The molecule has 0 atom stereocenters. The van der Waals surface area contributed by atoms with Gasteiger partial charge in [0.05, 0.1) is 11.3 Å². The Hall–Kier alpha value is -1.73. The molecule has 0 amide bonds. The molecule has 0 aliphatic carbocycles. The zero-order valence-electron chi connectivity index (χ0n) is 10.4. The second kappa shape index (κ2) is 5.23. The molecule has 0 saturated carbocycles. The monoisotopic (exact) mass is 338 g/mol. The van der Waals surface area contributed by atoms with Gasteiger partial charge in [-0.25, -0.2) is 4.98 Å². The van der Waals surface area contributed by atoms with Crippen molar-refractivity contribution in [2.24, 2.45) is 0 Å². The standard InChI is InChI=1S/C12H7Cl2F3N2O2/c1-5-2-8(20)10(14)11(21)19(5)7-3-9(13)18-4-6(7)12(15,16)17/h2-4,20H,1H3. The fourth-order valence-corrected chi connectivity index (χ4v) is 2.11. The molecule has 2 rings (SSSR count). The number of alkyl halides is 3. The maximum Gasteiger partial charge on any atom is 0.419 e. The van der Waals surface area contributed by atoms with Gasteiger partial charge in [-0.05, 0) is 6.92 Å². The van der Waals surface area contributed by atoms with Crippen LogP contribution >= 0.6 is 23.2 Å². The third-order valence-electron chi connectivity index (χ3n) is 2.71. The molecule has 0 aliphatic rings. The minimum Gasteiger partial charge on any atom is -0.506 e. The quantitative estimate of drug-likeness (QED) is 0.808. The van der Waals surface area contributed by atoms with Crippen molar-refractivity contribution in [2.45, 2.75) is 13.1 Å². The number of aryl methyl sites for hydroxylation is 1. The normalized spacial score (nSPS) is 11.7. The van der Waals surface area contributed by atoms with Crippen LogP contribution in [0.15, 0.2) is 23.1 Å². The van der Waals surface area contributed by atoms with E-state index in [4.69, 9.17) is 23.2 Å². The van der Waals surface area contributed by atoms with Crippen LogP contribution in [-0.4, -0.2) is 14.7 Å². The summed E-state index contributed by atoms with van der Waals surface area (Å²) in [4.78, 5) is 15.4. The van der Waals surface area contributed by atoms with Gasteiger partial charge in [-0.1, -0.05) is 23.2 Å². The molecule has 0 saturated heterocycles. The van der Waals surface area contributed by atoms with Crippen LogP contribution in [0, 0.1) is 6.92 Å². The van der Waals surface area contributed by atoms with Crippen molar-refractivity contribution < 1.29 is 18.3 Å². The highest BCUT2D eigenvalue weighted by atomic mass is 35.5. The first-order chi connectivity index (χ1) is 9.62. The van der Waals surface area contributed by atoms with Gasteiger partial charge in [-0.2, -0.15) is 13.2 Å². The van der Waals surface area contributed by atoms with E-state index in [-0.39, 0.29) is 10.8 Å². The van der Waals surface area contributed by atoms with Crippen LogP contribution in [0.2, 0.25) is 10.2 Å². The summed E-state index contributed by atoms with van der Waals surface area (Å²) >= 11 is 11.2. The van der Waals surface area contributed by atoms with E-state index >= 15 is 0 Å². The van der Waals surface area contributed by atoms with Gasteiger partial charge < -0.3 is 5.11 Å². The van der Waals surface area contributed by atoms with Crippen LogP contribution in [0.25, 0.3) is 5.69 Å². The fourth-order valence-electron chi connectivity index (χ4n) is 1.82. The summed E-state index contributed by atoms with van der Waals surface area (Å²) in [5.74, 6) is -0.510. The van der Waals surface area contributed by atoms with Gasteiger partial charge in [0.15, 0.2) is 0 Å². The lowest BCUT2D eigenvalue weighted by Gasteiger charge is -2.17. The number of hydrogen-bond donors (Lipinski definition) is 1. The summed E-state index contributed by atoms with van der Waals surface area (Å²) in [7, 11) is 0. The first kappa shape index (κ1) is 15.7. The van der Waals surface area contributed by atoms with E-state index in [9.17, 15) is 23.1 Å². The lowest BCUT2D eigenvalue weighted by atomic mass is 10.2. The molecule has 2 aromatic rings. The van der Waals surface area contributed by atoms with E-state index in [1.54, 1.807) is 0 Å². The molecule has 9 heteroatoms. The predicted molar refractivity (Wildman–Crippen MR) is 71.3 cm³/mol. The summed E-state index contributed by atoms with van der Waals surface area (Å²) in [6.07, 6.45) is -4.20. The lowest BCUT2D eigenvalue weighted by Crippen LogP contribution is -2.24. The SMILES string of the molecule is Cc1cc(O)c(Cl)c(=O)n1-c1cc(Cl)ncc1C(F)(F)F. The second-order valence-electron chi connectivity index (χ2n) is 4.15. The van der Waals surface area contributed by atoms with Gasteiger partial charge in [0.25, 0.3) is 5.56 Å². The summed E-state index contributed by atoms with van der Waals surface area (Å²) in [5, 5.41) is 8.63. The molecule has 0 unspecified atom stereocenters. The summed E-state index contributed by atoms with van der Waals surface area (Å²) in [6, 6.07) is 1.99. The van der Waals surface area contributed by atoms with E-state index in [1.807, 2.05) is 0 Å². The summed E-state index contributed by atoms with van der Waals surface area (Å²) in [5.41, 5.74) is -2.57. The molecule has 1 N–H and O–H groups in total. The molecule has 2 aromatic heterocycles. The smallest absolute Gasteiger partial charge is 0.419 e. The van der Waals surface area contributed by atoms with Gasteiger partial charge >= 0.3 is 6.18 Å². The van der Waals surface area contributed by atoms with Crippen molar-refractivity contribution in [3.05, 3.63) is 50.1 Å². The molecule has 0 fully saturated rings. The Kier molecular flexibility index (Phi) is 3.90. The molecule has 0 radical (unpaired) electrons. The maximum atomic E-state index is 13.0. The molecule has 0 aliphatic heterocycles. The number of pyridine rings is 2. The van der Waals surface area contributed by atoms with Crippen LogP contribution in [0.3, 0.4) is 0 Å². The first-order valence-electron chi connectivity index (χ1n) is 5.47. The first-order valence-corrected chi connectivity index (χ1v) is 6.22. The average Bonchev–Trinajstić information content (AvgIpc) is 2.34. The number of rotatable bonds is 1. The Labute approximate surface area is 126 Å². The van der Waals surface area contributed by atoms with Crippen LogP contribution < -0.4 is 5.56 Å². The molecular formula is C12H7Cl2F3N2O2. The Morgan fingerprint density at radius 1 is 1.29 bits per heavy atom. The topological polar surface area (TPSA) is 55.1 Å². The third-order valence-corrected chi connectivity index (χ3v) is 3.27. The van der Waals surface area contributed by atoms with Crippen molar-refractivity contribution in [1.82, 2.24) is 9.55 Å². The highest BCUT2D eigenvalue weighted by Gasteiger charge is 2.35. The Morgan fingerprint density at radius 3 is 2.48 bits per heavy atom. The number of halogens is 5. The summed E-state index contributed by atoms with van der Waals surface area (Å²) < 4.78 is 39.8. The molecule has 2 heterocycles. The Bertz CT molecular complexity index is 772. The molecular weight excluding hydrogens is 332 g/mol. The second-order valence-corrected chi connectivity index (χ2v) is 4.91. The number of aromatic hydroxyl groups is 1. The zero-order valence-corrected chi connectivity index (χ0v) is 11.9. The molecule has 21 heavy (non-hydrogen) atoms. The molecule has 0 aromatic carbocycles. The van der Waals surface area contributed by atoms with E-state index < -0.39 is 33.8 Å². The van der Waals surface area contributed by atoms with Crippen molar-refractivity contribution in [1.29, 1.82) is 0 Å². The maximum absolute atomic E-state index is 13.0. The largest absolute Gasteiger partial charge is 0.506 e. The van der Waals surface area contributed by atoms with Crippen molar-refractivity contribution in [3.8, 4) is 11.4 Å². The van der Waals surface area contributed by atoms with Crippen molar-refractivity contribution >= 4 is 23.2 Å². The Morgan fingerprint density at radius 2 is 1.90 bits per heavy atom. The molecule has 0 bridgehead atoms. The van der Waals surface area contributed by atoms with E-state index in [0.717, 1.165) is 16.7 Å². The van der Waals surface area contributed by atoms with Crippen molar-refractivity contribution in [3.63, 3.8) is 0 Å². The van der Waals surface area contributed by atoms with E-state index in [0.29, 0.717) is 6.20 Å². The lowest BCUT2D eigenvalue weighted by molar-refractivity contribution is -0.137. The molecule has 0 spiro atoms. The van der Waals surface area contributed by atoms with Gasteiger partial charge in [-0.3, -0.25) is 9.36 Å². The van der Waals surface area contributed by atoms with Crippen LogP contribution in [0.1, 0.15) is 11.3 Å². The third kappa shape index (κ3) is 2.84.